The summed E-state index contributed by atoms with van der Waals surface area (Å²) in [6, 6.07) is 10.5. The third kappa shape index (κ3) is 6.32. The summed E-state index contributed by atoms with van der Waals surface area (Å²) in [5, 5.41) is 4.19. The van der Waals surface area contributed by atoms with E-state index in [0.717, 1.165) is 93.1 Å². The molecule has 35 heavy (non-hydrogen) atoms. The van der Waals surface area contributed by atoms with E-state index >= 15 is 0 Å². The summed E-state index contributed by atoms with van der Waals surface area (Å²) in [6.45, 7) is 7.97. The summed E-state index contributed by atoms with van der Waals surface area (Å²) in [5.41, 5.74) is 2.21. The molecule has 3 aliphatic rings. The van der Waals surface area contributed by atoms with Gasteiger partial charge in [0.05, 0.1) is 19.8 Å². The van der Waals surface area contributed by atoms with E-state index in [1.807, 2.05) is 29.0 Å². The second-order valence-corrected chi connectivity index (χ2v) is 10.7. The number of nitrogens with one attached hydrogen (secondary N) is 1. The molecule has 0 bridgehead atoms. The summed E-state index contributed by atoms with van der Waals surface area (Å²) < 4.78 is 5.45. The number of piperazine rings is 1. The highest BCUT2D eigenvalue weighted by Gasteiger charge is 2.25. The number of carbonyl (C=O) groups is 1. The zero-order valence-electron chi connectivity index (χ0n) is 20.2. The number of amides is 1. The Morgan fingerprint density at radius 3 is 2.49 bits per heavy atom. The molecule has 0 spiro atoms. The molecule has 1 N–H and O–H groups in total. The zero-order chi connectivity index (χ0) is 24.0. The van der Waals surface area contributed by atoms with Crippen LogP contribution in [0.4, 0.5) is 23.0 Å². The summed E-state index contributed by atoms with van der Waals surface area (Å²) >= 11 is 3.44. The van der Waals surface area contributed by atoms with Gasteiger partial charge in [0.1, 0.15) is 11.6 Å². The molecule has 0 radical (unpaired) electrons. The van der Waals surface area contributed by atoms with Crippen LogP contribution in [-0.4, -0.2) is 109 Å². The molecular weight excluding hydrogens is 482 g/mol. The topological polar surface area (TPSA) is 77.1 Å². The molecule has 0 atom stereocenters. The lowest BCUT2D eigenvalue weighted by atomic mass is 10.2. The number of anilines is 4. The number of hydrogen-bond donors (Lipinski definition) is 1. The van der Waals surface area contributed by atoms with Crippen LogP contribution >= 0.6 is 23.5 Å². The van der Waals surface area contributed by atoms with Crippen molar-refractivity contribution in [2.45, 2.75) is 5.16 Å². The second-order valence-electron chi connectivity index (χ2n) is 8.83. The average Bonchev–Trinajstić information content (AvgIpc) is 3.42. The summed E-state index contributed by atoms with van der Waals surface area (Å²) in [7, 11) is 0. The van der Waals surface area contributed by atoms with Crippen molar-refractivity contribution in [1.29, 1.82) is 0 Å². The van der Waals surface area contributed by atoms with E-state index in [1.54, 1.807) is 0 Å². The van der Waals surface area contributed by atoms with Crippen molar-refractivity contribution in [2.24, 2.45) is 0 Å². The van der Waals surface area contributed by atoms with E-state index < -0.39 is 0 Å². The fourth-order valence-corrected chi connectivity index (χ4v) is 5.88. The van der Waals surface area contributed by atoms with Crippen molar-refractivity contribution >= 4 is 52.4 Å². The fraction of sp³-hybridized carbons (Fsp3) is 0.542. The Labute approximate surface area is 215 Å². The molecule has 3 fully saturated rings. The Morgan fingerprint density at radius 2 is 1.80 bits per heavy atom. The van der Waals surface area contributed by atoms with Crippen LogP contribution in [0.3, 0.4) is 0 Å². The zero-order valence-corrected chi connectivity index (χ0v) is 21.8. The lowest BCUT2D eigenvalue weighted by Crippen LogP contribution is -2.51. The number of carbonyl (C=O) groups excluding carboxylic acids is 1. The van der Waals surface area contributed by atoms with Crippen LogP contribution < -0.4 is 15.1 Å². The number of ether oxygens (including phenoxy) is 1. The van der Waals surface area contributed by atoms with Crippen molar-refractivity contribution < 1.29 is 9.53 Å². The number of aromatic nitrogens is 2. The summed E-state index contributed by atoms with van der Waals surface area (Å²) in [4.78, 5) is 30.9. The minimum Gasteiger partial charge on any atom is -0.378 e. The Kier molecular flexibility index (Phi) is 8.17. The molecule has 0 aliphatic carbocycles. The monoisotopic (exact) mass is 515 g/mol. The SMILES string of the molecule is CSc1nc(Nc2ccc(N3CCOCC3)cc2)cc(N2CCN(C(=O)CN3CCSC3)CC2)n1. The quantitative estimate of drug-likeness (QED) is 0.439. The van der Waals surface area contributed by atoms with Gasteiger partial charge in [-0.05, 0) is 30.5 Å². The molecule has 1 aromatic carbocycles. The highest BCUT2D eigenvalue weighted by atomic mass is 32.2. The average molecular weight is 516 g/mol. The lowest BCUT2D eigenvalue weighted by molar-refractivity contribution is -0.132. The predicted molar refractivity (Wildman–Crippen MR) is 144 cm³/mol. The van der Waals surface area contributed by atoms with E-state index in [4.69, 9.17) is 9.72 Å². The molecule has 1 aromatic heterocycles. The molecule has 3 aliphatic heterocycles. The van der Waals surface area contributed by atoms with Gasteiger partial charge < -0.3 is 24.8 Å². The normalized spacial score (nSPS) is 19.3. The Morgan fingerprint density at radius 1 is 1.03 bits per heavy atom. The predicted octanol–water partition coefficient (Wildman–Crippen LogP) is 2.43. The van der Waals surface area contributed by atoms with Crippen LogP contribution in [0.5, 0.6) is 0 Å². The maximum Gasteiger partial charge on any atom is 0.236 e. The van der Waals surface area contributed by atoms with Gasteiger partial charge in [-0.1, -0.05) is 11.8 Å². The van der Waals surface area contributed by atoms with Crippen molar-refractivity contribution in [3.8, 4) is 0 Å². The largest absolute Gasteiger partial charge is 0.378 e. The molecule has 1 amide bonds. The van der Waals surface area contributed by atoms with Crippen LogP contribution in [0.1, 0.15) is 0 Å². The van der Waals surface area contributed by atoms with Crippen molar-refractivity contribution in [3.05, 3.63) is 30.3 Å². The molecular formula is C24H33N7O2S2. The van der Waals surface area contributed by atoms with Crippen molar-refractivity contribution in [2.75, 3.05) is 98.6 Å². The van der Waals surface area contributed by atoms with Crippen LogP contribution in [0, 0.1) is 0 Å². The molecule has 4 heterocycles. The van der Waals surface area contributed by atoms with Crippen molar-refractivity contribution in [1.82, 2.24) is 19.8 Å². The number of rotatable bonds is 7. The van der Waals surface area contributed by atoms with Crippen LogP contribution in [0.25, 0.3) is 0 Å². The maximum absolute atomic E-state index is 12.7. The van der Waals surface area contributed by atoms with Gasteiger partial charge in [-0.3, -0.25) is 9.69 Å². The fourth-order valence-electron chi connectivity index (χ4n) is 4.51. The Bertz CT molecular complexity index is 990. The molecule has 11 heteroatoms. The molecule has 0 unspecified atom stereocenters. The third-order valence-corrected chi connectivity index (χ3v) is 8.10. The molecule has 188 valence electrons. The minimum atomic E-state index is 0.238. The number of morpholine rings is 1. The van der Waals surface area contributed by atoms with E-state index in [0.29, 0.717) is 6.54 Å². The first-order chi connectivity index (χ1) is 17.2. The molecule has 2 aromatic rings. The Hall–Kier alpha value is -2.21. The molecule has 9 nitrogen and oxygen atoms in total. The highest BCUT2D eigenvalue weighted by molar-refractivity contribution is 7.99. The van der Waals surface area contributed by atoms with Crippen LogP contribution in [0.15, 0.2) is 35.5 Å². The summed E-state index contributed by atoms with van der Waals surface area (Å²) in [6.07, 6.45) is 1.99. The maximum atomic E-state index is 12.7. The van der Waals surface area contributed by atoms with Gasteiger partial charge in [-0.2, -0.15) is 0 Å². The summed E-state index contributed by atoms with van der Waals surface area (Å²) in [5.74, 6) is 4.02. The first-order valence-corrected chi connectivity index (χ1v) is 14.5. The van der Waals surface area contributed by atoms with Gasteiger partial charge in [0, 0.05) is 74.9 Å². The minimum absolute atomic E-state index is 0.238. The molecule has 3 saturated heterocycles. The number of hydrogen-bond acceptors (Lipinski definition) is 10. The van der Waals surface area contributed by atoms with Crippen molar-refractivity contribution in [3.63, 3.8) is 0 Å². The number of nitrogens with zero attached hydrogens (tertiary/aromatic N) is 6. The highest BCUT2D eigenvalue weighted by Crippen LogP contribution is 2.26. The third-order valence-electron chi connectivity index (χ3n) is 6.53. The molecule has 5 rings (SSSR count). The van der Waals surface area contributed by atoms with Gasteiger partial charge in [0.2, 0.25) is 5.91 Å². The lowest BCUT2D eigenvalue weighted by Gasteiger charge is -2.36. The van der Waals surface area contributed by atoms with Gasteiger partial charge >= 0.3 is 0 Å². The van der Waals surface area contributed by atoms with Gasteiger partial charge in [-0.15, -0.1) is 11.8 Å². The van der Waals surface area contributed by atoms with Gasteiger partial charge in [-0.25, -0.2) is 9.97 Å². The van der Waals surface area contributed by atoms with E-state index in [2.05, 4.69) is 49.3 Å². The number of benzene rings is 1. The first-order valence-electron chi connectivity index (χ1n) is 12.1. The second kappa shape index (κ2) is 11.7. The van der Waals surface area contributed by atoms with Gasteiger partial charge in [0.25, 0.3) is 0 Å². The van der Waals surface area contributed by atoms with E-state index in [9.17, 15) is 4.79 Å². The van der Waals surface area contributed by atoms with Crippen LogP contribution in [-0.2, 0) is 9.53 Å². The molecule has 0 saturated carbocycles. The first kappa shape index (κ1) is 24.5. The Balaban J connectivity index is 1.20. The smallest absolute Gasteiger partial charge is 0.236 e. The van der Waals surface area contributed by atoms with E-state index in [1.165, 1.54) is 17.4 Å². The standard InChI is InChI=1S/C24H33N7O2S2/c1-34-24-26-21(25-19-2-4-20(5-3-19)29-10-13-33-14-11-29)16-22(27-24)30-6-8-31(9-7-30)23(32)17-28-12-15-35-18-28/h2-5,16H,6-15,17-18H2,1H3,(H,25,26,27). The van der Waals surface area contributed by atoms with E-state index in [-0.39, 0.29) is 5.91 Å². The van der Waals surface area contributed by atoms with Crippen LogP contribution in [0.2, 0.25) is 0 Å². The number of thioether (sulfide) groups is 2. The van der Waals surface area contributed by atoms with Gasteiger partial charge in [0.15, 0.2) is 5.16 Å².